The molecule has 2 rings (SSSR count). The molecule has 1 N–H and O–H groups in total. The van der Waals surface area contributed by atoms with E-state index in [0.29, 0.717) is 13.2 Å². The summed E-state index contributed by atoms with van der Waals surface area (Å²) in [6.45, 7) is 3.01. The molecule has 0 bridgehead atoms. The zero-order valence-corrected chi connectivity index (χ0v) is 10.6. The smallest absolute Gasteiger partial charge is 0.249 e. The highest BCUT2D eigenvalue weighted by Crippen LogP contribution is 2.33. The van der Waals surface area contributed by atoms with E-state index in [1.54, 1.807) is 0 Å². The molecule has 1 aromatic rings. The third kappa shape index (κ3) is 3.09. The number of carbonyl (C=O) groups excluding carboxylic acids is 1. The Morgan fingerprint density at radius 3 is 2.94 bits per heavy atom. The molecule has 2 atom stereocenters. The van der Waals surface area contributed by atoms with Gasteiger partial charge in [0.15, 0.2) is 0 Å². The van der Waals surface area contributed by atoms with Gasteiger partial charge in [0.1, 0.15) is 0 Å². The van der Waals surface area contributed by atoms with Crippen molar-refractivity contribution in [3.8, 4) is 0 Å². The Morgan fingerprint density at radius 1 is 1.44 bits per heavy atom. The second-order valence-electron chi connectivity index (χ2n) is 4.35. The minimum atomic E-state index is -0.173. The summed E-state index contributed by atoms with van der Waals surface area (Å²) in [5.41, 5.74) is 3.53. The summed E-state index contributed by atoms with van der Waals surface area (Å²) in [5, 5.41) is 0. The zero-order chi connectivity index (χ0) is 12.8. The van der Waals surface area contributed by atoms with E-state index in [1.807, 2.05) is 37.3 Å². The third-order valence-corrected chi connectivity index (χ3v) is 3.10. The summed E-state index contributed by atoms with van der Waals surface area (Å²) in [6, 6.07) is 9.88. The van der Waals surface area contributed by atoms with Crippen molar-refractivity contribution in [1.29, 1.82) is 0 Å². The van der Waals surface area contributed by atoms with Gasteiger partial charge in [0.05, 0.1) is 18.6 Å². The van der Waals surface area contributed by atoms with Crippen LogP contribution in [-0.4, -0.2) is 19.1 Å². The summed E-state index contributed by atoms with van der Waals surface area (Å²) in [7, 11) is 0. The fourth-order valence-corrected chi connectivity index (χ4v) is 2.24. The Hall–Kier alpha value is -1.39. The molecule has 1 heterocycles. The second kappa shape index (κ2) is 6.52. The molecule has 2 unspecified atom stereocenters. The first-order valence-electron chi connectivity index (χ1n) is 6.41. The van der Waals surface area contributed by atoms with Crippen LogP contribution < -0.4 is 5.48 Å². The maximum atomic E-state index is 12.0. The fourth-order valence-electron chi connectivity index (χ4n) is 2.24. The number of amides is 1. The van der Waals surface area contributed by atoms with Crippen molar-refractivity contribution in [2.24, 2.45) is 5.92 Å². The highest BCUT2D eigenvalue weighted by Gasteiger charge is 2.33. The molecule has 1 fully saturated rings. The number of hydrogen-bond donors (Lipinski definition) is 1. The predicted octanol–water partition coefficient (Wildman–Crippen LogP) is 2.22. The van der Waals surface area contributed by atoms with Crippen LogP contribution in [0.2, 0.25) is 0 Å². The molecular weight excluding hydrogens is 230 g/mol. The predicted molar refractivity (Wildman–Crippen MR) is 67.6 cm³/mol. The second-order valence-corrected chi connectivity index (χ2v) is 4.35. The van der Waals surface area contributed by atoms with Gasteiger partial charge in [0.2, 0.25) is 5.91 Å². The van der Waals surface area contributed by atoms with Crippen LogP contribution in [0, 0.1) is 5.92 Å². The molecule has 1 aliphatic rings. The summed E-state index contributed by atoms with van der Waals surface area (Å²) in [5.74, 6) is -0.266. The first-order valence-corrected chi connectivity index (χ1v) is 6.41. The molecule has 0 radical (unpaired) electrons. The SMILES string of the molecule is CCONC(=O)C1CCCOC1c1ccccc1. The minimum absolute atomic E-state index is 0.0922. The van der Waals surface area contributed by atoms with E-state index in [1.165, 1.54) is 0 Å². The van der Waals surface area contributed by atoms with Crippen LogP contribution in [0.4, 0.5) is 0 Å². The zero-order valence-electron chi connectivity index (χ0n) is 10.6. The lowest BCUT2D eigenvalue weighted by Gasteiger charge is -2.30. The van der Waals surface area contributed by atoms with Gasteiger partial charge in [-0.25, -0.2) is 5.48 Å². The largest absolute Gasteiger partial charge is 0.373 e. The number of benzene rings is 1. The standard InChI is InChI=1S/C14H19NO3/c1-2-18-15-14(16)12-9-6-10-17-13(12)11-7-4-3-5-8-11/h3-5,7-8,12-13H,2,6,9-10H2,1H3,(H,15,16). The van der Waals surface area contributed by atoms with Gasteiger partial charge in [0.25, 0.3) is 0 Å². The van der Waals surface area contributed by atoms with E-state index < -0.39 is 0 Å². The molecule has 4 nitrogen and oxygen atoms in total. The fraction of sp³-hybridized carbons (Fsp3) is 0.500. The Balaban J connectivity index is 2.09. The van der Waals surface area contributed by atoms with Gasteiger partial charge in [-0.3, -0.25) is 9.63 Å². The van der Waals surface area contributed by atoms with Crippen LogP contribution in [0.25, 0.3) is 0 Å². The minimum Gasteiger partial charge on any atom is -0.373 e. The number of ether oxygens (including phenoxy) is 1. The van der Waals surface area contributed by atoms with E-state index in [9.17, 15) is 4.79 Å². The third-order valence-electron chi connectivity index (χ3n) is 3.10. The molecule has 1 aromatic carbocycles. The molecular formula is C14H19NO3. The van der Waals surface area contributed by atoms with Crippen LogP contribution in [0.1, 0.15) is 31.4 Å². The van der Waals surface area contributed by atoms with Crippen LogP contribution in [0.5, 0.6) is 0 Å². The van der Waals surface area contributed by atoms with E-state index >= 15 is 0 Å². The van der Waals surface area contributed by atoms with Crippen molar-refractivity contribution < 1.29 is 14.4 Å². The van der Waals surface area contributed by atoms with Crippen molar-refractivity contribution in [2.45, 2.75) is 25.9 Å². The lowest BCUT2D eigenvalue weighted by atomic mass is 9.89. The molecule has 1 aliphatic heterocycles. The first kappa shape index (κ1) is 13.1. The van der Waals surface area contributed by atoms with Crippen LogP contribution in [-0.2, 0) is 14.4 Å². The monoisotopic (exact) mass is 249 g/mol. The maximum Gasteiger partial charge on any atom is 0.249 e. The van der Waals surface area contributed by atoms with E-state index in [2.05, 4.69) is 5.48 Å². The maximum absolute atomic E-state index is 12.0. The summed E-state index contributed by atoms with van der Waals surface area (Å²) in [4.78, 5) is 17.0. The average Bonchev–Trinajstić information content (AvgIpc) is 2.45. The topological polar surface area (TPSA) is 47.6 Å². The van der Waals surface area contributed by atoms with Crippen LogP contribution >= 0.6 is 0 Å². The average molecular weight is 249 g/mol. The van der Waals surface area contributed by atoms with Crippen molar-refractivity contribution in [3.05, 3.63) is 35.9 Å². The Bertz CT molecular complexity index is 380. The van der Waals surface area contributed by atoms with E-state index in [0.717, 1.165) is 18.4 Å². The quantitative estimate of drug-likeness (QED) is 0.832. The van der Waals surface area contributed by atoms with Crippen molar-refractivity contribution >= 4 is 5.91 Å². The number of hydrogen-bond acceptors (Lipinski definition) is 3. The van der Waals surface area contributed by atoms with Gasteiger partial charge in [0, 0.05) is 6.61 Å². The molecule has 4 heteroatoms. The summed E-state index contributed by atoms with van der Waals surface area (Å²) < 4.78 is 5.76. The molecule has 98 valence electrons. The molecule has 18 heavy (non-hydrogen) atoms. The van der Waals surface area contributed by atoms with Gasteiger partial charge in [-0.1, -0.05) is 30.3 Å². The van der Waals surface area contributed by atoms with Gasteiger partial charge < -0.3 is 4.74 Å². The van der Waals surface area contributed by atoms with Crippen molar-refractivity contribution in [1.82, 2.24) is 5.48 Å². The van der Waals surface area contributed by atoms with Crippen molar-refractivity contribution in [3.63, 3.8) is 0 Å². The van der Waals surface area contributed by atoms with Gasteiger partial charge >= 0.3 is 0 Å². The van der Waals surface area contributed by atoms with Crippen LogP contribution in [0.15, 0.2) is 30.3 Å². The van der Waals surface area contributed by atoms with E-state index in [4.69, 9.17) is 9.57 Å². The lowest BCUT2D eigenvalue weighted by Crippen LogP contribution is -2.37. The molecule has 0 spiro atoms. The summed E-state index contributed by atoms with van der Waals surface area (Å²) >= 11 is 0. The highest BCUT2D eigenvalue weighted by molar-refractivity contribution is 5.78. The Kier molecular flexibility index (Phi) is 4.73. The Labute approximate surface area is 107 Å². The number of hydroxylamine groups is 1. The first-order chi connectivity index (χ1) is 8.83. The lowest BCUT2D eigenvalue weighted by molar-refractivity contribution is -0.147. The normalized spacial score (nSPS) is 23.6. The van der Waals surface area contributed by atoms with Crippen LogP contribution in [0.3, 0.4) is 0 Å². The molecule has 0 aromatic heterocycles. The number of nitrogens with one attached hydrogen (secondary N) is 1. The molecule has 1 amide bonds. The summed E-state index contributed by atoms with van der Waals surface area (Å²) in [6.07, 6.45) is 1.58. The molecule has 1 saturated heterocycles. The Morgan fingerprint density at radius 2 is 2.22 bits per heavy atom. The molecule has 0 aliphatic carbocycles. The van der Waals surface area contributed by atoms with Crippen molar-refractivity contribution in [2.75, 3.05) is 13.2 Å². The molecule has 0 saturated carbocycles. The van der Waals surface area contributed by atoms with Gasteiger partial charge in [-0.15, -0.1) is 0 Å². The number of carbonyl (C=O) groups is 1. The van der Waals surface area contributed by atoms with Gasteiger partial charge in [-0.2, -0.15) is 0 Å². The van der Waals surface area contributed by atoms with Gasteiger partial charge in [-0.05, 0) is 25.3 Å². The van der Waals surface area contributed by atoms with E-state index in [-0.39, 0.29) is 17.9 Å². The number of rotatable bonds is 4. The highest BCUT2D eigenvalue weighted by atomic mass is 16.6.